The Morgan fingerprint density at radius 1 is 1.13 bits per heavy atom. The summed E-state index contributed by atoms with van der Waals surface area (Å²) in [5.74, 6) is 0.745. The van der Waals surface area contributed by atoms with Gasteiger partial charge in [0.1, 0.15) is 0 Å². The number of nitrogen functional groups attached to an aromatic ring is 1. The Hall–Kier alpha value is -3.37. The molecule has 0 unspecified atom stereocenters. The van der Waals surface area contributed by atoms with E-state index in [2.05, 4.69) is 69.1 Å². The summed E-state index contributed by atoms with van der Waals surface area (Å²) >= 11 is 1.50. The van der Waals surface area contributed by atoms with Gasteiger partial charge in [-0.2, -0.15) is 5.26 Å². The van der Waals surface area contributed by atoms with Gasteiger partial charge in [-0.1, -0.05) is 60.7 Å². The topological polar surface area (TPSA) is 99.1 Å². The Labute approximate surface area is 181 Å². The molecule has 1 heterocycles. The van der Waals surface area contributed by atoms with Gasteiger partial charge in [0.2, 0.25) is 5.96 Å². The molecule has 30 heavy (non-hydrogen) atoms. The first-order valence-electron chi connectivity index (χ1n) is 9.92. The van der Waals surface area contributed by atoms with Crippen LogP contribution in [0.15, 0.2) is 65.7 Å². The zero-order chi connectivity index (χ0) is 21.2. The third-order valence-corrected chi connectivity index (χ3v) is 5.87. The molecule has 7 heteroatoms. The highest BCUT2D eigenvalue weighted by molar-refractivity contribution is 7.15. The summed E-state index contributed by atoms with van der Waals surface area (Å²) in [6.45, 7) is 3.20. The largest absolute Gasteiger partial charge is 0.375 e. The summed E-state index contributed by atoms with van der Waals surface area (Å²) in [7, 11) is 0. The number of nitrogens with one attached hydrogen (secondary N) is 2. The van der Waals surface area contributed by atoms with Crippen LogP contribution in [0.2, 0.25) is 0 Å². The molecule has 4 N–H and O–H groups in total. The molecule has 3 aromatic rings. The smallest absolute Gasteiger partial charge is 0.204 e. The Balaban J connectivity index is 1.62. The average molecular weight is 419 g/mol. The zero-order valence-electron chi connectivity index (χ0n) is 17.0. The molecule has 0 atom stereocenters. The van der Waals surface area contributed by atoms with Crippen molar-refractivity contribution in [2.45, 2.75) is 25.7 Å². The molecule has 0 radical (unpaired) electrons. The number of hydrogen-bond donors (Lipinski definition) is 3. The molecule has 0 bridgehead atoms. The molecule has 0 aliphatic heterocycles. The van der Waals surface area contributed by atoms with E-state index in [1.807, 2.05) is 25.2 Å². The highest BCUT2D eigenvalue weighted by Gasteiger charge is 2.13. The van der Waals surface area contributed by atoms with Crippen molar-refractivity contribution in [3.63, 3.8) is 0 Å². The normalized spacial score (nSPS) is 11.3. The van der Waals surface area contributed by atoms with Gasteiger partial charge in [-0.05, 0) is 24.5 Å². The van der Waals surface area contributed by atoms with Crippen LogP contribution in [0.25, 0.3) is 0 Å². The molecule has 0 amide bonds. The molecule has 2 aromatic carbocycles. The van der Waals surface area contributed by atoms with Crippen molar-refractivity contribution in [2.75, 3.05) is 18.8 Å². The fourth-order valence-electron chi connectivity index (χ4n) is 3.37. The van der Waals surface area contributed by atoms with E-state index in [9.17, 15) is 0 Å². The second-order valence-corrected chi connectivity index (χ2v) is 7.98. The monoisotopic (exact) mass is 418 g/mol. The maximum Gasteiger partial charge on any atom is 0.204 e. The lowest BCUT2D eigenvalue weighted by atomic mass is 9.89. The van der Waals surface area contributed by atoms with E-state index in [0.717, 1.165) is 23.4 Å². The van der Waals surface area contributed by atoms with Gasteiger partial charge in [-0.3, -0.25) is 10.3 Å². The second kappa shape index (κ2) is 11.0. The standard InChI is InChI=1S/C23H26N6S/c1-17-21(30-22(25)29-17)13-15-27-23(28-16-24)26-14-12-20(18-8-4-2-5-9-18)19-10-6-3-7-11-19/h2-11,20H,12-15H2,1H3,(H2,25,29)(H2,26,27,28). The third kappa shape index (κ3) is 6.06. The van der Waals surface area contributed by atoms with Crippen LogP contribution in [0.5, 0.6) is 0 Å². The Kier molecular flexibility index (Phi) is 7.81. The molecular formula is C23H26N6S. The number of nitrogens with two attached hydrogens (primary N) is 1. The van der Waals surface area contributed by atoms with Crippen molar-refractivity contribution in [2.24, 2.45) is 4.99 Å². The quantitative estimate of drug-likeness (QED) is 0.224. The fourth-order valence-corrected chi connectivity index (χ4v) is 4.20. The van der Waals surface area contributed by atoms with Gasteiger partial charge in [-0.25, -0.2) is 4.98 Å². The fraction of sp³-hybridized carbons (Fsp3) is 0.261. The predicted molar refractivity (Wildman–Crippen MR) is 123 cm³/mol. The number of benzene rings is 2. The van der Waals surface area contributed by atoms with Gasteiger partial charge >= 0.3 is 0 Å². The molecule has 3 rings (SSSR count). The lowest BCUT2D eigenvalue weighted by Crippen LogP contribution is -2.36. The molecule has 6 nitrogen and oxygen atoms in total. The number of aryl methyl sites for hydroxylation is 1. The van der Waals surface area contributed by atoms with Crippen molar-refractivity contribution < 1.29 is 0 Å². The van der Waals surface area contributed by atoms with Gasteiger partial charge in [0.05, 0.1) is 5.69 Å². The van der Waals surface area contributed by atoms with Gasteiger partial charge in [0, 0.05) is 30.3 Å². The molecular weight excluding hydrogens is 392 g/mol. The van der Waals surface area contributed by atoms with Crippen LogP contribution in [-0.4, -0.2) is 24.0 Å². The van der Waals surface area contributed by atoms with Crippen LogP contribution in [0.3, 0.4) is 0 Å². The minimum Gasteiger partial charge on any atom is -0.375 e. The molecule has 0 aliphatic carbocycles. The van der Waals surface area contributed by atoms with Crippen molar-refractivity contribution in [1.82, 2.24) is 15.6 Å². The van der Waals surface area contributed by atoms with E-state index in [-0.39, 0.29) is 5.92 Å². The van der Waals surface area contributed by atoms with Crippen LogP contribution < -0.4 is 16.4 Å². The van der Waals surface area contributed by atoms with Crippen molar-refractivity contribution in [3.05, 3.63) is 82.4 Å². The summed E-state index contributed by atoms with van der Waals surface area (Å²) < 4.78 is 0. The number of aliphatic imine (C=N–C) groups is 1. The SMILES string of the molecule is Cc1nc(N)sc1CCN/C(=N/CCC(c1ccccc1)c1ccccc1)NC#N. The summed E-state index contributed by atoms with van der Waals surface area (Å²) in [4.78, 5) is 9.98. The first kappa shape index (κ1) is 21.3. The lowest BCUT2D eigenvalue weighted by Gasteiger charge is -2.17. The highest BCUT2D eigenvalue weighted by atomic mass is 32.1. The average Bonchev–Trinajstić information content (AvgIpc) is 3.09. The van der Waals surface area contributed by atoms with E-state index >= 15 is 0 Å². The van der Waals surface area contributed by atoms with Crippen LogP contribution in [0.4, 0.5) is 5.13 Å². The molecule has 0 fully saturated rings. The number of anilines is 1. The van der Waals surface area contributed by atoms with E-state index in [1.54, 1.807) is 0 Å². The van der Waals surface area contributed by atoms with E-state index in [0.29, 0.717) is 24.2 Å². The first-order chi connectivity index (χ1) is 14.7. The molecule has 0 saturated heterocycles. The molecule has 0 spiro atoms. The maximum atomic E-state index is 9.06. The van der Waals surface area contributed by atoms with Crippen LogP contribution >= 0.6 is 11.3 Å². The van der Waals surface area contributed by atoms with Crippen molar-refractivity contribution in [3.8, 4) is 6.19 Å². The zero-order valence-corrected chi connectivity index (χ0v) is 17.8. The predicted octanol–water partition coefficient (Wildman–Crippen LogP) is 3.81. The highest BCUT2D eigenvalue weighted by Crippen LogP contribution is 2.27. The van der Waals surface area contributed by atoms with Gasteiger partial charge in [0.15, 0.2) is 11.3 Å². The number of rotatable bonds is 8. The van der Waals surface area contributed by atoms with Gasteiger partial charge < -0.3 is 11.1 Å². The summed E-state index contributed by atoms with van der Waals surface area (Å²) in [6.07, 6.45) is 3.59. The molecule has 1 aromatic heterocycles. The van der Waals surface area contributed by atoms with Crippen LogP contribution in [-0.2, 0) is 6.42 Å². The minimum atomic E-state index is 0.252. The maximum absolute atomic E-state index is 9.06. The number of thiazole rings is 1. The number of hydrogen-bond acceptors (Lipinski definition) is 5. The summed E-state index contributed by atoms with van der Waals surface area (Å²) in [5.41, 5.74) is 9.24. The Bertz CT molecular complexity index is 952. The summed E-state index contributed by atoms with van der Waals surface area (Å²) in [6, 6.07) is 20.9. The van der Waals surface area contributed by atoms with E-state index in [4.69, 9.17) is 11.0 Å². The lowest BCUT2D eigenvalue weighted by molar-refractivity contribution is 0.719. The Morgan fingerprint density at radius 3 is 2.30 bits per heavy atom. The first-order valence-corrected chi connectivity index (χ1v) is 10.7. The van der Waals surface area contributed by atoms with Crippen molar-refractivity contribution in [1.29, 1.82) is 5.26 Å². The number of aromatic nitrogens is 1. The number of nitriles is 1. The molecule has 0 saturated carbocycles. The third-order valence-electron chi connectivity index (χ3n) is 4.82. The van der Waals surface area contributed by atoms with Crippen LogP contribution in [0, 0.1) is 18.4 Å². The molecule has 0 aliphatic rings. The van der Waals surface area contributed by atoms with Crippen LogP contribution in [0.1, 0.15) is 34.0 Å². The number of nitrogens with zero attached hydrogens (tertiary/aromatic N) is 3. The summed E-state index contributed by atoms with van der Waals surface area (Å²) in [5, 5.41) is 15.5. The van der Waals surface area contributed by atoms with Crippen molar-refractivity contribution >= 4 is 22.4 Å². The second-order valence-electron chi connectivity index (χ2n) is 6.87. The Morgan fingerprint density at radius 2 is 1.77 bits per heavy atom. The number of guanidine groups is 1. The van der Waals surface area contributed by atoms with E-state index < -0.39 is 0 Å². The van der Waals surface area contributed by atoms with E-state index in [1.165, 1.54) is 22.5 Å². The van der Waals surface area contributed by atoms with Gasteiger partial charge in [0.25, 0.3) is 0 Å². The molecule has 154 valence electrons. The minimum absolute atomic E-state index is 0.252. The van der Waals surface area contributed by atoms with Gasteiger partial charge in [-0.15, -0.1) is 11.3 Å².